The maximum absolute atomic E-state index is 12.1. The zero-order valence-corrected chi connectivity index (χ0v) is 11.2. The van der Waals surface area contributed by atoms with E-state index in [9.17, 15) is 4.79 Å². The monoisotopic (exact) mass is 290 g/mol. The Morgan fingerprint density at radius 2 is 1.68 bits per heavy atom. The molecule has 94 valence electrons. The minimum Gasteiger partial charge on any atom is -0.454 e. The van der Waals surface area contributed by atoms with Crippen LogP contribution in [0.4, 0.5) is 0 Å². The molecule has 2 nitrogen and oxygen atoms in total. The summed E-state index contributed by atoms with van der Waals surface area (Å²) in [5.41, 5.74) is 1.02. The molecule has 3 rings (SSSR count). The minimum absolute atomic E-state index is 0.162. The summed E-state index contributed by atoms with van der Waals surface area (Å²) in [7, 11) is 0. The van der Waals surface area contributed by atoms with Crippen LogP contribution in [0.5, 0.6) is 0 Å². The van der Waals surface area contributed by atoms with E-state index in [1.807, 2.05) is 30.3 Å². The van der Waals surface area contributed by atoms with E-state index in [1.165, 1.54) is 6.07 Å². The van der Waals surface area contributed by atoms with Gasteiger partial charge in [-0.3, -0.25) is 4.79 Å². The van der Waals surface area contributed by atoms with Gasteiger partial charge in [0.05, 0.1) is 10.4 Å². The third kappa shape index (κ3) is 2.25. The summed E-state index contributed by atoms with van der Waals surface area (Å²) >= 11 is 12.0. The molecule has 0 saturated carbocycles. The molecule has 0 amide bonds. The fourth-order valence-corrected chi connectivity index (χ4v) is 2.46. The lowest BCUT2D eigenvalue weighted by atomic mass is 10.1. The molecule has 0 saturated heterocycles. The number of hydrogen-bond acceptors (Lipinski definition) is 2. The maximum Gasteiger partial charge on any atom is 0.193 e. The summed E-state index contributed by atoms with van der Waals surface area (Å²) in [5, 5.41) is 1.13. The first kappa shape index (κ1) is 12.3. The highest BCUT2D eigenvalue weighted by molar-refractivity contribution is 6.38. The lowest BCUT2D eigenvalue weighted by Crippen LogP contribution is -2.00. The topological polar surface area (TPSA) is 30.2 Å². The van der Waals surface area contributed by atoms with Crippen LogP contribution in [0.1, 0.15) is 0 Å². The second-order valence-electron chi connectivity index (χ2n) is 4.11. The van der Waals surface area contributed by atoms with Crippen LogP contribution >= 0.6 is 23.2 Å². The molecule has 0 spiro atoms. The predicted octanol–water partition coefficient (Wildman–Crippen LogP) is 4.77. The van der Waals surface area contributed by atoms with E-state index in [2.05, 4.69) is 0 Å². The number of fused-ring (bicyclic) bond motifs is 1. The molecule has 3 aromatic rings. The van der Waals surface area contributed by atoms with E-state index in [-0.39, 0.29) is 5.43 Å². The third-order valence-electron chi connectivity index (χ3n) is 2.81. The maximum atomic E-state index is 12.1. The molecule has 0 aliphatic heterocycles. The van der Waals surface area contributed by atoms with Crippen LogP contribution in [-0.4, -0.2) is 0 Å². The lowest BCUT2D eigenvalue weighted by Gasteiger charge is -2.04. The first-order valence-electron chi connectivity index (χ1n) is 5.63. The van der Waals surface area contributed by atoms with E-state index in [4.69, 9.17) is 27.6 Å². The molecule has 19 heavy (non-hydrogen) atoms. The molecular formula is C15H8Cl2O2. The van der Waals surface area contributed by atoms with Crippen LogP contribution in [0, 0.1) is 0 Å². The average Bonchev–Trinajstić information content (AvgIpc) is 2.41. The van der Waals surface area contributed by atoms with Gasteiger partial charge in [-0.05, 0) is 12.1 Å². The molecule has 1 heterocycles. The molecule has 1 aromatic heterocycles. The first-order valence-corrected chi connectivity index (χ1v) is 6.39. The summed E-state index contributed by atoms with van der Waals surface area (Å²) in [6, 6.07) is 14.0. The number of hydrogen-bond donors (Lipinski definition) is 0. The van der Waals surface area contributed by atoms with Crippen LogP contribution in [0.2, 0.25) is 10.0 Å². The van der Waals surface area contributed by atoms with Crippen molar-refractivity contribution < 1.29 is 4.42 Å². The molecule has 0 bridgehead atoms. The Labute approximate surface area is 119 Å². The van der Waals surface area contributed by atoms with Gasteiger partial charge < -0.3 is 4.42 Å². The van der Waals surface area contributed by atoms with Gasteiger partial charge in [0.15, 0.2) is 11.0 Å². The molecule has 0 radical (unpaired) electrons. The van der Waals surface area contributed by atoms with Crippen molar-refractivity contribution in [3.63, 3.8) is 0 Å². The van der Waals surface area contributed by atoms with Crippen LogP contribution in [0.25, 0.3) is 22.3 Å². The van der Waals surface area contributed by atoms with Gasteiger partial charge in [0.25, 0.3) is 0 Å². The Balaban J connectivity index is 2.34. The van der Waals surface area contributed by atoms with E-state index in [0.717, 1.165) is 5.56 Å². The van der Waals surface area contributed by atoms with E-state index < -0.39 is 0 Å². The Bertz CT molecular complexity index is 807. The largest absolute Gasteiger partial charge is 0.454 e. The first-order chi connectivity index (χ1) is 9.15. The molecule has 0 aliphatic rings. The summed E-state index contributed by atoms with van der Waals surface area (Å²) in [4.78, 5) is 12.1. The fraction of sp³-hybridized carbons (Fsp3) is 0. The second-order valence-corrected chi connectivity index (χ2v) is 4.95. The van der Waals surface area contributed by atoms with Gasteiger partial charge in [-0.2, -0.15) is 0 Å². The molecule has 0 atom stereocenters. The van der Waals surface area contributed by atoms with Crippen molar-refractivity contribution in [3.05, 3.63) is 68.8 Å². The molecule has 0 fully saturated rings. The Morgan fingerprint density at radius 3 is 2.42 bits per heavy atom. The standard InChI is InChI=1S/C15H8Cl2O2/c16-10-6-11-13(18)8-14(9-4-2-1-3-5-9)19-15(11)12(17)7-10/h1-8H. The van der Waals surface area contributed by atoms with Crippen molar-refractivity contribution in [1.82, 2.24) is 0 Å². The Morgan fingerprint density at radius 1 is 0.947 bits per heavy atom. The third-order valence-corrected chi connectivity index (χ3v) is 3.31. The number of rotatable bonds is 1. The summed E-state index contributed by atoms with van der Waals surface area (Å²) in [6.07, 6.45) is 0. The van der Waals surface area contributed by atoms with Crippen molar-refractivity contribution in [1.29, 1.82) is 0 Å². The normalized spacial score (nSPS) is 10.8. The van der Waals surface area contributed by atoms with Crippen molar-refractivity contribution in [2.45, 2.75) is 0 Å². The average molecular weight is 291 g/mol. The van der Waals surface area contributed by atoms with Crippen molar-refractivity contribution in [2.24, 2.45) is 0 Å². The van der Waals surface area contributed by atoms with E-state index in [1.54, 1.807) is 12.1 Å². The zero-order valence-electron chi connectivity index (χ0n) is 9.69. The molecule has 0 aliphatic carbocycles. The smallest absolute Gasteiger partial charge is 0.193 e. The SMILES string of the molecule is O=c1cc(-c2ccccc2)oc2c(Cl)cc(Cl)cc12. The van der Waals surface area contributed by atoms with Crippen LogP contribution in [0.3, 0.4) is 0 Å². The number of halogens is 2. The number of benzene rings is 2. The predicted molar refractivity (Wildman–Crippen MR) is 77.9 cm³/mol. The molecular weight excluding hydrogens is 283 g/mol. The zero-order chi connectivity index (χ0) is 13.4. The molecule has 2 aromatic carbocycles. The lowest BCUT2D eigenvalue weighted by molar-refractivity contribution is 0.619. The highest BCUT2D eigenvalue weighted by atomic mass is 35.5. The van der Waals surface area contributed by atoms with Gasteiger partial charge in [-0.15, -0.1) is 0 Å². The van der Waals surface area contributed by atoms with Crippen LogP contribution in [0.15, 0.2) is 57.7 Å². The van der Waals surface area contributed by atoms with Gasteiger partial charge in [-0.25, -0.2) is 0 Å². The van der Waals surface area contributed by atoms with Gasteiger partial charge in [0.1, 0.15) is 5.76 Å². The van der Waals surface area contributed by atoms with Crippen LogP contribution < -0.4 is 5.43 Å². The van der Waals surface area contributed by atoms with Gasteiger partial charge in [0.2, 0.25) is 0 Å². The molecule has 4 heteroatoms. The molecule has 0 unspecified atom stereocenters. The Hall–Kier alpha value is -1.77. The van der Waals surface area contributed by atoms with Gasteiger partial charge in [-0.1, -0.05) is 53.5 Å². The van der Waals surface area contributed by atoms with Crippen molar-refractivity contribution >= 4 is 34.2 Å². The Kier molecular flexibility index (Phi) is 3.05. The van der Waals surface area contributed by atoms with E-state index in [0.29, 0.717) is 26.8 Å². The quantitative estimate of drug-likeness (QED) is 0.646. The minimum atomic E-state index is -0.162. The van der Waals surface area contributed by atoms with Gasteiger partial charge in [0, 0.05) is 16.7 Å². The molecule has 0 N–H and O–H groups in total. The summed E-state index contributed by atoms with van der Waals surface area (Å²) < 4.78 is 5.72. The van der Waals surface area contributed by atoms with Crippen molar-refractivity contribution in [3.8, 4) is 11.3 Å². The van der Waals surface area contributed by atoms with Crippen LogP contribution in [-0.2, 0) is 0 Å². The fourth-order valence-electron chi connectivity index (χ4n) is 1.93. The highest BCUT2D eigenvalue weighted by Crippen LogP contribution is 2.29. The summed E-state index contributed by atoms with van der Waals surface area (Å²) in [6.45, 7) is 0. The van der Waals surface area contributed by atoms with E-state index >= 15 is 0 Å². The highest BCUT2D eigenvalue weighted by Gasteiger charge is 2.10. The van der Waals surface area contributed by atoms with Crippen molar-refractivity contribution in [2.75, 3.05) is 0 Å². The second kappa shape index (κ2) is 4.72. The van der Waals surface area contributed by atoms with Gasteiger partial charge >= 0.3 is 0 Å². The summed E-state index contributed by atoms with van der Waals surface area (Å²) in [5.74, 6) is 0.488.